The first-order chi connectivity index (χ1) is 6.72. The number of rotatable bonds is 2. The highest BCUT2D eigenvalue weighted by Crippen LogP contribution is 2.23. The summed E-state index contributed by atoms with van der Waals surface area (Å²) in [6.45, 7) is 2.70. The van der Waals surface area contributed by atoms with E-state index in [1.165, 1.54) is 5.56 Å². The smallest absolute Gasteiger partial charge is 0.0809 e. The van der Waals surface area contributed by atoms with Gasteiger partial charge < -0.3 is 5.73 Å². The SMILES string of the molecule is Cc1ccn2nc(CCN)c(Br)c2c1. The second kappa shape index (κ2) is 3.71. The summed E-state index contributed by atoms with van der Waals surface area (Å²) in [5, 5.41) is 4.43. The monoisotopic (exact) mass is 253 g/mol. The molecule has 14 heavy (non-hydrogen) atoms. The standard InChI is InChI=1S/C10H12BrN3/c1-7-3-5-14-9(6-7)10(11)8(13-14)2-4-12/h3,5-6H,2,4,12H2,1H3. The van der Waals surface area contributed by atoms with Gasteiger partial charge >= 0.3 is 0 Å². The highest BCUT2D eigenvalue weighted by atomic mass is 79.9. The summed E-state index contributed by atoms with van der Waals surface area (Å²) < 4.78 is 2.94. The minimum atomic E-state index is 0.626. The predicted molar refractivity (Wildman–Crippen MR) is 60.4 cm³/mol. The molecule has 0 aliphatic rings. The third kappa shape index (κ3) is 1.55. The average Bonchev–Trinajstić information content (AvgIpc) is 2.46. The van der Waals surface area contributed by atoms with Crippen molar-refractivity contribution >= 4 is 21.4 Å². The minimum absolute atomic E-state index is 0.626. The Hall–Kier alpha value is -0.870. The summed E-state index contributed by atoms with van der Waals surface area (Å²) >= 11 is 3.55. The van der Waals surface area contributed by atoms with Gasteiger partial charge in [-0.1, -0.05) is 0 Å². The van der Waals surface area contributed by atoms with Crippen LogP contribution in [-0.4, -0.2) is 16.2 Å². The molecule has 2 rings (SSSR count). The van der Waals surface area contributed by atoms with Crippen LogP contribution in [0.5, 0.6) is 0 Å². The molecule has 74 valence electrons. The first-order valence-corrected chi connectivity index (χ1v) is 5.35. The van der Waals surface area contributed by atoms with Gasteiger partial charge in [0.05, 0.1) is 15.7 Å². The Kier molecular flexibility index (Phi) is 2.56. The molecule has 0 aliphatic heterocycles. The number of halogens is 1. The molecule has 0 bridgehead atoms. The van der Waals surface area contributed by atoms with Crippen LogP contribution in [-0.2, 0) is 6.42 Å². The molecule has 2 N–H and O–H groups in total. The Labute approximate surface area is 91.0 Å². The van der Waals surface area contributed by atoms with Crippen LogP contribution < -0.4 is 5.73 Å². The highest BCUT2D eigenvalue weighted by Gasteiger charge is 2.08. The molecule has 0 radical (unpaired) electrons. The molecule has 0 unspecified atom stereocenters. The first-order valence-electron chi connectivity index (χ1n) is 4.56. The lowest BCUT2D eigenvalue weighted by atomic mass is 10.2. The Bertz CT molecular complexity index is 462. The van der Waals surface area contributed by atoms with Crippen molar-refractivity contribution in [1.82, 2.24) is 9.61 Å². The molecule has 2 aromatic rings. The van der Waals surface area contributed by atoms with E-state index in [9.17, 15) is 0 Å². The molecule has 0 aliphatic carbocycles. The van der Waals surface area contributed by atoms with Crippen molar-refractivity contribution in [3.05, 3.63) is 34.1 Å². The molecule has 4 heteroatoms. The molecule has 2 aromatic heterocycles. The second-order valence-electron chi connectivity index (χ2n) is 3.33. The van der Waals surface area contributed by atoms with E-state index in [1.54, 1.807) is 0 Å². The van der Waals surface area contributed by atoms with Crippen LogP contribution in [0.4, 0.5) is 0 Å². The maximum absolute atomic E-state index is 5.51. The van der Waals surface area contributed by atoms with Gasteiger partial charge in [-0.05, 0) is 47.1 Å². The molecule has 0 saturated heterocycles. The van der Waals surface area contributed by atoms with Gasteiger partial charge in [-0.15, -0.1) is 0 Å². The van der Waals surface area contributed by atoms with E-state index in [-0.39, 0.29) is 0 Å². The van der Waals surface area contributed by atoms with E-state index in [1.807, 2.05) is 16.8 Å². The number of hydrogen-bond donors (Lipinski definition) is 1. The van der Waals surface area contributed by atoms with E-state index in [0.717, 1.165) is 22.1 Å². The zero-order chi connectivity index (χ0) is 10.1. The van der Waals surface area contributed by atoms with E-state index in [0.29, 0.717) is 6.54 Å². The summed E-state index contributed by atoms with van der Waals surface area (Å²) in [5.74, 6) is 0. The lowest BCUT2D eigenvalue weighted by Gasteiger charge is -1.94. The van der Waals surface area contributed by atoms with Crippen LogP contribution in [0.1, 0.15) is 11.3 Å². The second-order valence-corrected chi connectivity index (χ2v) is 4.13. The van der Waals surface area contributed by atoms with E-state index >= 15 is 0 Å². The van der Waals surface area contributed by atoms with Crippen molar-refractivity contribution in [3.63, 3.8) is 0 Å². The molecule has 0 amide bonds. The van der Waals surface area contributed by atoms with Gasteiger partial charge in [0.1, 0.15) is 0 Å². The minimum Gasteiger partial charge on any atom is -0.330 e. The third-order valence-corrected chi connectivity index (χ3v) is 3.04. The fraction of sp³-hybridized carbons (Fsp3) is 0.300. The van der Waals surface area contributed by atoms with Gasteiger partial charge in [-0.25, -0.2) is 4.52 Å². The maximum atomic E-state index is 5.51. The molecule has 0 atom stereocenters. The summed E-state index contributed by atoms with van der Waals surface area (Å²) in [6.07, 6.45) is 2.77. The number of aromatic nitrogens is 2. The first kappa shape index (κ1) is 9.68. The number of nitrogens with two attached hydrogens (primary N) is 1. The summed E-state index contributed by atoms with van der Waals surface area (Å²) in [7, 11) is 0. The summed E-state index contributed by atoms with van der Waals surface area (Å²) in [4.78, 5) is 0. The van der Waals surface area contributed by atoms with Crippen LogP contribution in [0.3, 0.4) is 0 Å². The summed E-state index contributed by atoms with van der Waals surface area (Å²) in [6, 6.07) is 4.15. The van der Waals surface area contributed by atoms with Gasteiger partial charge in [0.25, 0.3) is 0 Å². The average molecular weight is 254 g/mol. The van der Waals surface area contributed by atoms with Crippen LogP contribution in [0.25, 0.3) is 5.52 Å². The number of pyridine rings is 1. The van der Waals surface area contributed by atoms with E-state index < -0.39 is 0 Å². The molecular formula is C10H12BrN3. The van der Waals surface area contributed by atoms with Crippen molar-refractivity contribution in [2.75, 3.05) is 6.54 Å². The molecular weight excluding hydrogens is 242 g/mol. The zero-order valence-electron chi connectivity index (χ0n) is 8.00. The van der Waals surface area contributed by atoms with Crippen molar-refractivity contribution in [2.24, 2.45) is 5.73 Å². The van der Waals surface area contributed by atoms with Crippen LogP contribution in [0.15, 0.2) is 22.8 Å². The van der Waals surface area contributed by atoms with Gasteiger partial charge in [0.2, 0.25) is 0 Å². The largest absolute Gasteiger partial charge is 0.330 e. The summed E-state index contributed by atoms with van der Waals surface area (Å²) in [5.41, 5.74) is 8.88. The van der Waals surface area contributed by atoms with E-state index in [2.05, 4.69) is 34.0 Å². The fourth-order valence-electron chi connectivity index (χ4n) is 1.47. The highest BCUT2D eigenvalue weighted by molar-refractivity contribution is 9.10. The van der Waals surface area contributed by atoms with Gasteiger partial charge in [-0.2, -0.15) is 5.10 Å². The lowest BCUT2D eigenvalue weighted by molar-refractivity contribution is 0.858. The third-order valence-electron chi connectivity index (χ3n) is 2.18. The van der Waals surface area contributed by atoms with Crippen LogP contribution >= 0.6 is 15.9 Å². The maximum Gasteiger partial charge on any atom is 0.0809 e. The fourth-order valence-corrected chi connectivity index (χ4v) is 2.04. The normalized spacial score (nSPS) is 11.1. The molecule has 0 spiro atoms. The Morgan fingerprint density at radius 1 is 1.57 bits per heavy atom. The Morgan fingerprint density at radius 2 is 2.36 bits per heavy atom. The van der Waals surface area contributed by atoms with Crippen molar-refractivity contribution in [2.45, 2.75) is 13.3 Å². The Morgan fingerprint density at radius 3 is 3.07 bits per heavy atom. The van der Waals surface area contributed by atoms with Crippen LogP contribution in [0.2, 0.25) is 0 Å². The molecule has 0 saturated carbocycles. The van der Waals surface area contributed by atoms with Crippen molar-refractivity contribution in [3.8, 4) is 0 Å². The zero-order valence-corrected chi connectivity index (χ0v) is 9.58. The van der Waals surface area contributed by atoms with E-state index in [4.69, 9.17) is 5.73 Å². The van der Waals surface area contributed by atoms with Crippen molar-refractivity contribution < 1.29 is 0 Å². The molecule has 0 aromatic carbocycles. The Balaban J connectivity index is 2.62. The number of fused-ring (bicyclic) bond motifs is 1. The number of hydrogen-bond acceptors (Lipinski definition) is 2. The number of nitrogens with zero attached hydrogens (tertiary/aromatic N) is 2. The molecule has 2 heterocycles. The lowest BCUT2D eigenvalue weighted by Crippen LogP contribution is -2.03. The van der Waals surface area contributed by atoms with Crippen molar-refractivity contribution in [1.29, 1.82) is 0 Å². The van der Waals surface area contributed by atoms with Gasteiger partial charge in [-0.3, -0.25) is 0 Å². The topological polar surface area (TPSA) is 43.3 Å². The van der Waals surface area contributed by atoms with Gasteiger partial charge in [0, 0.05) is 12.6 Å². The predicted octanol–water partition coefficient (Wildman–Crippen LogP) is 1.91. The van der Waals surface area contributed by atoms with Gasteiger partial charge in [0.15, 0.2) is 0 Å². The van der Waals surface area contributed by atoms with Crippen LogP contribution in [0, 0.1) is 6.92 Å². The number of aryl methyl sites for hydroxylation is 1. The quantitative estimate of drug-likeness (QED) is 0.889. The molecule has 3 nitrogen and oxygen atoms in total. The molecule has 0 fully saturated rings.